The summed E-state index contributed by atoms with van der Waals surface area (Å²) < 4.78 is 0. The van der Waals surface area contributed by atoms with Gasteiger partial charge in [-0.2, -0.15) is 0 Å². The van der Waals surface area contributed by atoms with E-state index in [1.807, 2.05) is 12.1 Å². The summed E-state index contributed by atoms with van der Waals surface area (Å²) in [6.07, 6.45) is 0. The van der Waals surface area contributed by atoms with Crippen LogP contribution in [0.5, 0.6) is 0 Å². The second-order valence-corrected chi connectivity index (χ2v) is 4.67. The molecule has 1 amide bonds. The second-order valence-electron chi connectivity index (χ2n) is 4.67. The zero-order chi connectivity index (χ0) is 17.9. The molecule has 0 aliphatic heterocycles. The fourth-order valence-electron chi connectivity index (χ4n) is 1.77. The van der Waals surface area contributed by atoms with Gasteiger partial charge in [-0.05, 0) is 13.8 Å². The van der Waals surface area contributed by atoms with Crippen LogP contribution in [-0.4, -0.2) is 44.3 Å². The van der Waals surface area contributed by atoms with Crippen molar-refractivity contribution in [2.45, 2.75) is 20.5 Å². The topological polar surface area (TPSA) is 93.9 Å². The Morgan fingerprint density at radius 2 is 1.67 bits per heavy atom. The molecule has 0 heterocycles. The SMILES string of the molecule is CNC(=O)/C(=N\OC)c1ccccc1CO/N=C(C)\C(C)=N/OC. The molecule has 0 fully saturated rings. The number of nitrogens with one attached hydrogen (secondary N) is 1. The first-order chi connectivity index (χ1) is 11.5. The van der Waals surface area contributed by atoms with E-state index in [1.165, 1.54) is 21.3 Å². The molecule has 130 valence electrons. The Bertz CT molecular complexity index is 653. The van der Waals surface area contributed by atoms with Crippen LogP contribution in [0.15, 0.2) is 39.7 Å². The maximum absolute atomic E-state index is 12.0. The van der Waals surface area contributed by atoms with Crippen molar-refractivity contribution in [3.05, 3.63) is 35.4 Å². The number of oxime groups is 3. The molecule has 1 rings (SSSR count). The lowest BCUT2D eigenvalue weighted by Gasteiger charge is -2.10. The minimum absolute atomic E-state index is 0.160. The largest absolute Gasteiger partial charge is 0.399 e. The molecule has 0 unspecified atom stereocenters. The highest BCUT2D eigenvalue weighted by molar-refractivity contribution is 6.45. The number of likely N-dealkylation sites (N-methyl/N-ethyl adjacent to an activating group) is 1. The van der Waals surface area contributed by atoms with Gasteiger partial charge in [0, 0.05) is 18.2 Å². The number of hydrogen-bond acceptors (Lipinski definition) is 7. The summed E-state index contributed by atoms with van der Waals surface area (Å²) in [5.74, 6) is -0.355. The van der Waals surface area contributed by atoms with E-state index in [2.05, 4.69) is 25.6 Å². The number of rotatable bonds is 8. The normalized spacial score (nSPS) is 12.6. The Balaban J connectivity index is 2.99. The van der Waals surface area contributed by atoms with Gasteiger partial charge in [0.15, 0.2) is 5.71 Å². The minimum Gasteiger partial charge on any atom is -0.399 e. The van der Waals surface area contributed by atoms with Gasteiger partial charge in [0.25, 0.3) is 5.91 Å². The minimum atomic E-state index is -0.355. The van der Waals surface area contributed by atoms with E-state index in [0.717, 1.165) is 5.56 Å². The van der Waals surface area contributed by atoms with Crippen molar-refractivity contribution in [2.24, 2.45) is 15.5 Å². The van der Waals surface area contributed by atoms with Gasteiger partial charge in [-0.25, -0.2) is 0 Å². The summed E-state index contributed by atoms with van der Waals surface area (Å²) in [5.41, 5.74) is 2.71. The molecule has 0 saturated carbocycles. The van der Waals surface area contributed by atoms with E-state index in [0.29, 0.717) is 17.0 Å². The van der Waals surface area contributed by atoms with Crippen molar-refractivity contribution < 1.29 is 19.3 Å². The maximum Gasteiger partial charge on any atom is 0.273 e. The molecule has 24 heavy (non-hydrogen) atoms. The molecule has 0 bridgehead atoms. The van der Waals surface area contributed by atoms with E-state index < -0.39 is 0 Å². The molecule has 0 spiro atoms. The highest BCUT2D eigenvalue weighted by Gasteiger charge is 2.17. The number of nitrogens with zero attached hydrogens (tertiary/aromatic N) is 3. The van der Waals surface area contributed by atoms with Gasteiger partial charge in [0.1, 0.15) is 32.2 Å². The Morgan fingerprint density at radius 3 is 2.29 bits per heavy atom. The van der Waals surface area contributed by atoms with Crippen LogP contribution in [0.4, 0.5) is 0 Å². The van der Waals surface area contributed by atoms with E-state index >= 15 is 0 Å². The Kier molecular flexibility index (Phi) is 7.97. The van der Waals surface area contributed by atoms with Gasteiger partial charge in [-0.1, -0.05) is 39.7 Å². The summed E-state index contributed by atoms with van der Waals surface area (Å²) in [6.45, 7) is 3.67. The number of carbonyl (C=O) groups excluding carboxylic acids is 1. The van der Waals surface area contributed by atoms with Crippen LogP contribution in [0, 0.1) is 0 Å². The van der Waals surface area contributed by atoms with E-state index in [1.54, 1.807) is 26.0 Å². The fourth-order valence-corrected chi connectivity index (χ4v) is 1.77. The number of benzene rings is 1. The first kappa shape index (κ1) is 19.1. The lowest BCUT2D eigenvalue weighted by atomic mass is 10.0. The monoisotopic (exact) mass is 334 g/mol. The Morgan fingerprint density at radius 1 is 1.04 bits per heavy atom. The summed E-state index contributed by atoms with van der Waals surface area (Å²) in [6, 6.07) is 7.23. The summed E-state index contributed by atoms with van der Waals surface area (Å²) in [7, 11) is 4.37. The van der Waals surface area contributed by atoms with Crippen LogP contribution in [0.2, 0.25) is 0 Å². The zero-order valence-corrected chi connectivity index (χ0v) is 14.5. The van der Waals surface area contributed by atoms with Crippen LogP contribution < -0.4 is 5.32 Å². The molecule has 0 aliphatic carbocycles. The molecule has 1 aromatic rings. The summed E-state index contributed by atoms with van der Waals surface area (Å²) in [4.78, 5) is 26.8. The Hall–Kier alpha value is -2.90. The van der Waals surface area contributed by atoms with Crippen LogP contribution >= 0.6 is 0 Å². The number of carbonyl (C=O) groups is 1. The van der Waals surface area contributed by atoms with Gasteiger partial charge < -0.3 is 19.8 Å². The maximum atomic E-state index is 12.0. The summed E-state index contributed by atoms with van der Waals surface area (Å²) >= 11 is 0. The first-order valence-electron chi connectivity index (χ1n) is 7.21. The van der Waals surface area contributed by atoms with Crippen molar-refractivity contribution in [1.29, 1.82) is 0 Å². The van der Waals surface area contributed by atoms with E-state index in [4.69, 9.17) is 9.68 Å². The quantitative estimate of drug-likeness (QED) is 0.578. The number of amides is 1. The molecule has 0 atom stereocenters. The van der Waals surface area contributed by atoms with Crippen molar-refractivity contribution >= 4 is 23.0 Å². The molecule has 8 heteroatoms. The van der Waals surface area contributed by atoms with Crippen molar-refractivity contribution in [1.82, 2.24) is 5.32 Å². The average molecular weight is 334 g/mol. The molecule has 8 nitrogen and oxygen atoms in total. The smallest absolute Gasteiger partial charge is 0.273 e. The van der Waals surface area contributed by atoms with Crippen molar-refractivity contribution in [3.8, 4) is 0 Å². The molecule has 1 N–H and O–H groups in total. The van der Waals surface area contributed by atoms with Crippen molar-refractivity contribution in [3.63, 3.8) is 0 Å². The van der Waals surface area contributed by atoms with Gasteiger partial charge >= 0.3 is 0 Å². The van der Waals surface area contributed by atoms with Gasteiger partial charge in [-0.15, -0.1) is 0 Å². The third-order valence-electron chi connectivity index (χ3n) is 3.07. The fraction of sp³-hybridized carbons (Fsp3) is 0.375. The molecule has 0 radical (unpaired) electrons. The van der Waals surface area contributed by atoms with E-state index in [-0.39, 0.29) is 18.2 Å². The highest BCUT2D eigenvalue weighted by Crippen LogP contribution is 2.12. The predicted molar refractivity (Wildman–Crippen MR) is 92.1 cm³/mol. The first-order valence-corrected chi connectivity index (χ1v) is 7.21. The van der Waals surface area contributed by atoms with Crippen LogP contribution in [-0.2, 0) is 25.9 Å². The molecular formula is C16H22N4O4. The van der Waals surface area contributed by atoms with Crippen LogP contribution in [0.25, 0.3) is 0 Å². The van der Waals surface area contributed by atoms with Gasteiger partial charge in [0.05, 0.1) is 0 Å². The van der Waals surface area contributed by atoms with Gasteiger partial charge in [0.2, 0.25) is 0 Å². The predicted octanol–water partition coefficient (Wildman–Crippen LogP) is 1.70. The lowest BCUT2D eigenvalue weighted by Crippen LogP contribution is -2.29. The molecule has 0 aliphatic rings. The lowest BCUT2D eigenvalue weighted by molar-refractivity contribution is -0.114. The van der Waals surface area contributed by atoms with Gasteiger partial charge in [-0.3, -0.25) is 4.79 Å². The molecule has 0 aromatic heterocycles. The average Bonchev–Trinajstić information content (AvgIpc) is 2.59. The summed E-state index contributed by atoms with van der Waals surface area (Å²) in [5, 5.41) is 14.1. The van der Waals surface area contributed by atoms with E-state index in [9.17, 15) is 4.79 Å². The highest BCUT2D eigenvalue weighted by atomic mass is 16.6. The number of hydrogen-bond donors (Lipinski definition) is 1. The van der Waals surface area contributed by atoms with Crippen molar-refractivity contribution in [2.75, 3.05) is 21.3 Å². The van der Waals surface area contributed by atoms with Crippen LogP contribution in [0.1, 0.15) is 25.0 Å². The third-order valence-corrected chi connectivity index (χ3v) is 3.07. The second kappa shape index (κ2) is 9.98. The molecule has 0 saturated heterocycles. The van der Waals surface area contributed by atoms with Crippen LogP contribution in [0.3, 0.4) is 0 Å². The zero-order valence-electron chi connectivity index (χ0n) is 14.5. The third kappa shape index (κ3) is 5.38. The standard InChI is InChI=1S/C16H22N4O4/c1-11(18-22-4)12(2)19-24-10-13-8-6-7-9-14(13)15(20-23-5)16(21)17-3/h6-9H,10H2,1-5H3,(H,17,21)/b18-11-,19-12-,20-15-. The Labute approximate surface area is 141 Å². The molecular weight excluding hydrogens is 312 g/mol. The molecule has 1 aromatic carbocycles.